The number of carbonyl (C=O) groups is 1. The zero-order valence-corrected chi connectivity index (χ0v) is 19.4. The number of carbonyl (C=O) groups excluding carboxylic acids is 1. The molecule has 9 heteroatoms. The van der Waals surface area contributed by atoms with E-state index in [0.29, 0.717) is 31.3 Å². The number of thiazole rings is 1. The number of hydrogen-bond acceptors (Lipinski definition) is 7. The van der Waals surface area contributed by atoms with Gasteiger partial charge in [0.2, 0.25) is 5.91 Å². The van der Waals surface area contributed by atoms with Crippen molar-refractivity contribution in [1.82, 2.24) is 19.7 Å². The quantitative estimate of drug-likeness (QED) is 0.690. The Morgan fingerprint density at radius 3 is 2.45 bits per heavy atom. The van der Waals surface area contributed by atoms with Crippen LogP contribution >= 0.6 is 11.3 Å². The predicted molar refractivity (Wildman–Crippen MR) is 123 cm³/mol. The molecule has 31 heavy (non-hydrogen) atoms. The molecule has 4 heterocycles. The van der Waals surface area contributed by atoms with Crippen molar-refractivity contribution in [2.75, 3.05) is 57.3 Å². The van der Waals surface area contributed by atoms with Crippen LogP contribution in [0.15, 0.2) is 24.3 Å². The Labute approximate surface area is 187 Å². The summed E-state index contributed by atoms with van der Waals surface area (Å²) in [4.78, 5) is 24.2. The molecule has 0 spiro atoms. The molecule has 1 amide bonds. The van der Waals surface area contributed by atoms with Crippen LogP contribution in [0.3, 0.4) is 0 Å². The Morgan fingerprint density at radius 2 is 1.77 bits per heavy atom. The van der Waals surface area contributed by atoms with Crippen molar-refractivity contribution in [2.24, 2.45) is 0 Å². The van der Waals surface area contributed by atoms with Crippen molar-refractivity contribution >= 4 is 37.3 Å². The molecule has 1 aromatic heterocycles. The zero-order chi connectivity index (χ0) is 21.4. The van der Waals surface area contributed by atoms with Gasteiger partial charge in [0.15, 0.2) is 9.84 Å². The summed E-state index contributed by atoms with van der Waals surface area (Å²) >= 11 is 1.80. The maximum Gasteiger partial charge on any atom is 0.236 e. The highest BCUT2D eigenvalue weighted by molar-refractivity contribution is 7.91. The Morgan fingerprint density at radius 1 is 1.03 bits per heavy atom. The minimum Gasteiger partial charge on any atom is -0.339 e. The maximum absolute atomic E-state index is 12.8. The average molecular weight is 463 g/mol. The molecule has 0 radical (unpaired) electrons. The van der Waals surface area contributed by atoms with E-state index in [9.17, 15) is 13.2 Å². The van der Waals surface area contributed by atoms with Gasteiger partial charge in [0.05, 0.1) is 33.3 Å². The normalized spacial score (nSPS) is 25.9. The number of rotatable bonds is 4. The van der Waals surface area contributed by atoms with Crippen molar-refractivity contribution in [1.29, 1.82) is 0 Å². The van der Waals surface area contributed by atoms with E-state index < -0.39 is 9.84 Å². The molecule has 1 unspecified atom stereocenters. The van der Waals surface area contributed by atoms with Gasteiger partial charge in [-0.05, 0) is 44.5 Å². The fourth-order valence-electron chi connectivity index (χ4n) is 5.09. The highest BCUT2D eigenvalue weighted by Crippen LogP contribution is 2.33. The van der Waals surface area contributed by atoms with Crippen LogP contribution in [-0.4, -0.2) is 97.4 Å². The molecule has 1 atom stereocenters. The Bertz CT molecular complexity index is 1000. The van der Waals surface area contributed by atoms with Gasteiger partial charge in [0.1, 0.15) is 0 Å². The van der Waals surface area contributed by atoms with Crippen molar-refractivity contribution in [3.63, 3.8) is 0 Å². The van der Waals surface area contributed by atoms with E-state index in [1.807, 2.05) is 11.0 Å². The topological polar surface area (TPSA) is 73.8 Å². The molecule has 0 bridgehead atoms. The number of likely N-dealkylation sites (tertiary alicyclic amines) is 1. The number of fused-ring (bicyclic) bond motifs is 1. The van der Waals surface area contributed by atoms with Gasteiger partial charge in [-0.15, -0.1) is 11.3 Å². The molecular formula is C22H30N4O3S2. The SMILES string of the molecule is O=C(CN1CCC(c2nc3ccccc3s2)CC1)N1CCN(C2CCS(=O)(=O)C2)CC1. The minimum absolute atomic E-state index is 0.142. The number of nitrogens with zero attached hydrogens (tertiary/aromatic N) is 4. The molecule has 2 aromatic rings. The summed E-state index contributed by atoms with van der Waals surface area (Å²) in [6.07, 6.45) is 2.84. The van der Waals surface area contributed by atoms with Crippen LogP contribution in [-0.2, 0) is 14.6 Å². The molecule has 5 rings (SSSR count). The molecule has 3 aliphatic rings. The van der Waals surface area contributed by atoms with Crippen LogP contribution in [0.4, 0.5) is 0 Å². The van der Waals surface area contributed by atoms with E-state index >= 15 is 0 Å². The number of aromatic nitrogens is 1. The Hall–Kier alpha value is -1.55. The predicted octanol–water partition coefficient (Wildman–Crippen LogP) is 1.81. The number of para-hydroxylation sites is 1. The van der Waals surface area contributed by atoms with Crippen molar-refractivity contribution in [3.8, 4) is 0 Å². The number of piperazine rings is 1. The van der Waals surface area contributed by atoms with Gasteiger partial charge in [0.25, 0.3) is 0 Å². The monoisotopic (exact) mass is 462 g/mol. The second-order valence-corrected chi connectivity index (χ2v) is 12.3. The maximum atomic E-state index is 12.8. The van der Waals surface area contributed by atoms with Crippen molar-refractivity contribution in [2.45, 2.75) is 31.2 Å². The van der Waals surface area contributed by atoms with Gasteiger partial charge in [-0.3, -0.25) is 14.6 Å². The first-order valence-corrected chi connectivity index (χ1v) is 13.9. The zero-order valence-electron chi connectivity index (χ0n) is 17.8. The van der Waals surface area contributed by atoms with E-state index in [2.05, 4.69) is 28.0 Å². The van der Waals surface area contributed by atoms with E-state index in [1.54, 1.807) is 11.3 Å². The fraction of sp³-hybridized carbons (Fsp3) is 0.636. The first-order valence-electron chi connectivity index (χ1n) is 11.3. The number of hydrogen-bond donors (Lipinski definition) is 0. The Balaban J connectivity index is 1.08. The molecule has 0 N–H and O–H groups in total. The summed E-state index contributed by atoms with van der Waals surface area (Å²) in [7, 11) is -2.86. The lowest BCUT2D eigenvalue weighted by molar-refractivity contribution is -0.134. The van der Waals surface area contributed by atoms with Gasteiger partial charge in [0, 0.05) is 38.1 Å². The van der Waals surface area contributed by atoms with Crippen LogP contribution in [0.5, 0.6) is 0 Å². The summed E-state index contributed by atoms with van der Waals surface area (Å²) < 4.78 is 24.7. The van der Waals surface area contributed by atoms with Crippen LogP contribution in [0.1, 0.15) is 30.2 Å². The minimum atomic E-state index is -2.86. The lowest BCUT2D eigenvalue weighted by atomic mass is 9.97. The lowest BCUT2D eigenvalue weighted by Gasteiger charge is -2.39. The summed E-state index contributed by atoms with van der Waals surface area (Å²) in [5, 5.41) is 1.23. The van der Waals surface area contributed by atoms with Gasteiger partial charge in [-0.25, -0.2) is 13.4 Å². The molecule has 3 saturated heterocycles. The van der Waals surface area contributed by atoms with Gasteiger partial charge < -0.3 is 4.90 Å². The number of piperidine rings is 1. The summed E-state index contributed by atoms with van der Waals surface area (Å²) in [5.74, 6) is 1.29. The molecular weight excluding hydrogens is 432 g/mol. The summed E-state index contributed by atoms with van der Waals surface area (Å²) in [6.45, 7) is 5.34. The van der Waals surface area contributed by atoms with Gasteiger partial charge >= 0.3 is 0 Å². The van der Waals surface area contributed by atoms with Crippen LogP contribution in [0, 0.1) is 0 Å². The second-order valence-electron chi connectivity index (χ2n) is 9.04. The molecule has 7 nitrogen and oxygen atoms in total. The highest BCUT2D eigenvalue weighted by Gasteiger charge is 2.34. The first kappa shape index (κ1) is 21.3. The van der Waals surface area contributed by atoms with E-state index in [0.717, 1.165) is 51.0 Å². The molecule has 0 saturated carbocycles. The molecule has 3 aliphatic heterocycles. The van der Waals surface area contributed by atoms with Crippen LogP contribution in [0.25, 0.3) is 10.2 Å². The molecule has 168 valence electrons. The first-order chi connectivity index (χ1) is 15.0. The molecule has 3 fully saturated rings. The fourth-order valence-corrected chi connectivity index (χ4v) is 7.99. The molecule has 0 aliphatic carbocycles. The summed E-state index contributed by atoms with van der Waals surface area (Å²) in [6, 6.07) is 8.46. The average Bonchev–Trinajstić information content (AvgIpc) is 3.37. The smallest absolute Gasteiger partial charge is 0.236 e. The Kier molecular flexibility index (Phi) is 6.02. The number of amides is 1. The largest absolute Gasteiger partial charge is 0.339 e. The second kappa shape index (κ2) is 8.77. The van der Waals surface area contributed by atoms with Gasteiger partial charge in [-0.2, -0.15) is 0 Å². The number of sulfone groups is 1. The third-order valence-electron chi connectivity index (χ3n) is 7.00. The van der Waals surface area contributed by atoms with E-state index in [-0.39, 0.29) is 17.7 Å². The van der Waals surface area contributed by atoms with E-state index in [1.165, 1.54) is 9.71 Å². The number of benzene rings is 1. The standard InChI is InChI=1S/C22H30N4O3S2/c27-21(26-12-10-25(11-13-26)18-7-14-31(28,29)16-18)15-24-8-5-17(6-9-24)22-23-19-3-1-2-4-20(19)30-22/h1-4,17-18H,5-16H2. The van der Waals surface area contributed by atoms with Crippen molar-refractivity contribution < 1.29 is 13.2 Å². The van der Waals surface area contributed by atoms with Crippen LogP contribution in [0.2, 0.25) is 0 Å². The molecule has 1 aromatic carbocycles. The van der Waals surface area contributed by atoms with Crippen LogP contribution < -0.4 is 0 Å². The van der Waals surface area contributed by atoms with Crippen molar-refractivity contribution in [3.05, 3.63) is 29.3 Å². The lowest BCUT2D eigenvalue weighted by Crippen LogP contribution is -2.54. The summed E-state index contributed by atoms with van der Waals surface area (Å²) in [5.41, 5.74) is 1.09. The van der Waals surface area contributed by atoms with Gasteiger partial charge in [-0.1, -0.05) is 12.1 Å². The van der Waals surface area contributed by atoms with E-state index in [4.69, 9.17) is 4.98 Å². The third kappa shape index (κ3) is 4.79. The highest BCUT2D eigenvalue weighted by atomic mass is 32.2. The third-order valence-corrected chi connectivity index (χ3v) is 9.95.